The molecule has 28 heavy (non-hydrogen) atoms. The molecule has 0 spiro atoms. The third kappa shape index (κ3) is 4.22. The average Bonchev–Trinajstić information content (AvgIpc) is 2.96. The minimum atomic E-state index is -1.62. The third-order valence-electron chi connectivity index (χ3n) is 4.54. The van der Waals surface area contributed by atoms with E-state index in [4.69, 9.17) is 18.9 Å². The average molecular weight is 386 g/mol. The van der Waals surface area contributed by atoms with Crippen molar-refractivity contribution in [2.24, 2.45) is 0 Å². The first-order chi connectivity index (χ1) is 13.4. The Bertz CT molecular complexity index is 804. The first-order valence-corrected chi connectivity index (χ1v) is 8.82. The van der Waals surface area contributed by atoms with E-state index in [1.807, 2.05) is 0 Å². The summed E-state index contributed by atoms with van der Waals surface area (Å²) in [4.78, 5) is 24.6. The summed E-state index contributed by atoms with van der Waals surface area (Å²) in [6.45, 7) is 1.24. The maximum Gasteiger partial charge on any atom is 0.338 e. The first kappa shape index (κ1) is 20.0. The van der Waals surface area contributed by atoms with Gasteiger partial charge in [0.15, 0.2) is 18.0 Å². The first-order valence-electron chi connectivity index (χ1n) is 8.82. The van der Waals surface area contributed by atoms with Gasteiger partial charge in [-0.2, -0.15) is 0 Å². The molecule has 2 unspecified atom stereocenters. The van der Waals surface area contributed by atoms with Crippen LogP contribution in [0.25, 0.3) is 0 Å². The topological polar surface area (TPSA) is 91.3 Å². The number of hydrogen-bond acceptors (Lipinski definition) is 7. The summed E-state index contributed by atoms with van der Waals surface area (Å²) in [7, 11) is 1.37. The van der Waals surface area contributed by atoms with Gasteiger partial charge in [0.25, 0.3) is 0 Å². The maximum atomic E-state index is 12.5. The van der Waals surface area contributed by atoms with Crippen LogP contribution in [0.3, 0.4) is 0 Å². The molecular formula is C21H22O7. The second-order valence-electron chi connectivity index (χ2n) is 6.62. The lowest BCUT2D eigenvalue weighted by atomic mass is 9.97. The zero-order valence-electron chi connectivity index (χ0n) is 15.6. The molecule has 1 aliphatic heterocycles. The Morgan fingerprint density at radius 1 is 1.00 bits per heavy atom. The van der Waals surface area contributed by atoms with Gasteiger partial charge in [0.05, 0.1) is 11.1 Å². The van der Waals surface area contributed by atoms with Crippen molar-refractivity contribution >= 4 is 11.9 Å². The SMILES string of the molecule is CO[C@@H]1O[C@H](COC(=O)c2ccccc2)C(OC(=O)c2ccccc2)C1(C)O. The lowest BCUT2D eigenvalue weighted by Crippen LogP contribution is -2.49. The number of esters is 2. The zero-order valence-corrected chi connectivity index (χ0v) is 15.6. The largest absolute Gasteiger partial charge is 0.459 e. The van der Waals surface area contributed by atoms with E-state index in [2.05, 4.69) is 0 Å². The third-order valence-corrected chi connectivity index (χ3v) is 4.54. The van der Waals surface area contributed by atoms with Crippen molar-refractivity contribution in [3.63, 3.8) is 0 Å². The summed E-state index contributed by atoms with van der Waals surface area (Å²) in [5, 5.41) is 10.8. The van der Waals surface area contributed by atoms with E-state index in [1.165, 1.54) is 14.0 Å². The quantitative estimate of drug-likeness (QED) is 0.761. The molecule has 148 valence electrons. The molecule has 7 heteroatoms. The Hall–Kier alpha value is -2.74. The molecule has 1 heterocycles. The second kappa shape index (κ2) is 8.52. The van der Waals surface area contributed by atoms with Crippen LogP contribution in [-0.2, 0) is 18.9 Å². The van der Waals surface area contributed by atoms with E-state index >= 15 is 0 Å². The van der Waals surface area contributed by atoms with Crippen molar-refractivity contribution in [2.45, 2.75) is 31.0 Å². The molecule has 0 amide bonds. The van der Waals surface area contributed by atoms with Crippen molar-refractivity contribution in [1.82, 2.24) is 0 Å². The Balaban J connectivity index is 1.72. The van der Waals surface area contributed by atoms with E-state index in [1.54, 1.807) is 60.7 Å². The summed E-state index contributed by atoms with van der Waals surface area (Å²) >= 11 is 0. The Labute approximate surface area is 162 Å². The summed E-state index contributed by atoms with van der Waals surface area (Å²) < 4.78 is 21.6. The molecule has 2 aromatic carbocycles. The summed E-state index contributed by atoms with van der Waals surface area (Å²) in [6, 6.07) is 16.9. The fraction of sp³-hybridized carbons (Fsp3) is 0.333. The van der Waals surface area contributed by atoms with Crippen LogP contribution < -0.4 is 0 Å². The van der Waals surface area contributed by atoms with Crippen LogP contribution in [0.2, 0.25) is 0 Å². The molecule has 7 nitrogen and oxygen atoms in total. The van der Waals surface area contributed by atoms with E-state index in [0.717, 1.165) is 0 Å². The van der Waals surface area contributed by atoms with Crippen molar-refractivity contribution in [3.8, 4) is 0 Å². The van der Waals surface area contributed by atoms with Crippen LogP contribution in [0.4, 0.5) is 0 Å². The minimum Gasteiger partial charge on any atom is -0.459 e. The monoisotopic (exact) mass is 386 g/mol. The maximum absolute atomic E-state index is 12.5. The van der Waals surface area contributed by atoms with Gasteiger partial charge in [0, 0.05) is 7.11 Å². The van der Waals surface area contributed by atoms with Crippen LogP contribution in [-0.4, -0.2) is 54.9 Å². The highest BCUT2D eigenvalue weighted by Gasteiger charge is 2.56. The van der Waals surface area contributed by atoms with Crippen molar-refractivity contribution in [1.29, 1.82) is 0 Å². The molecule has 2 aromatic rings. The number of methoxy groups -OCH3 is 1. The molecule has 3 rings (SSSR count). The highest BCUT2D eigenvalue weighted by atomic mass is 16.7. The van der Waals surface area contributed by atoms with Gasteiger partial charge in [-0.15, -0.1) is 0 Å². The van der Waals surface area contributed by atoms with E-state index in [0.29, 0.717) is 11.1 Å². The molecule has 0 saturated carbocycles. The minimum absolute atomic E-state index is 0.212. The highest BCUT2D eigenvalue weighted by Crippen LogP contribution is 2.34. The molecule has 1 N–H and O–H groups in total. The number of carbonyl (C=O) groups excluding carboxylic acids is 2. The van der Waals surface area contributed by atoms with Crippen LogP contribution in [0.1, 0.15) is 27.6 Å². The Morgan fingerprint density at radius 3 is 2.07 bits per heavy atom. The molecule has 1 aliphatic rings. The molecule has 1 saturated heterocycles. The van der Waals surface area contributed by atoms with Gasteiger partial charge in [-0.1, -0.05) is 36.4 Å². The zero-order chi connectivity index (χ0) is 20.1. The lowest BCUT2D eigenvalue weighted by molar-refractivity contribution is -0.187. The lowest BCUT2D eigenvalue weighted by Gasteiger charge is -2.28. The van der Waals surface area contributed by atoms with Gasteiger partial charge in [-0.25, -0.2) is 9.59 Å². The predicted molar refractivity (Wildman–Crippen MR) is 98.7 cm³/mol. The van der Waals surface area contributed by atoms with Crippen molar-refractivity contribution in [3.05, 3.63) is 71.8 Å². The number of carbonyl (C=O) groups is 2. The predicted octanol–water partition coefficient (Wildman–Crippen LogP) is 2.19. The van der Waals surface area contributed by atoms with Gasteiger partial charge in [0.2, 0.25) is 0 Å². The molecule has 4 atom stereocenters. The fourth-order valence-electron chi connectivity index (χ4n) is 3.07. The van der Waals surface area contributed by atoms with Crippen molar-refractivity contribution in [2.75, 3.05) is 13.7 Å². The van der Waals surface area contributed by atoms with Crippen molar-refractivity contribution < 1.29 is 33.6 Å². The standard InChI is InChI=1S/C21H22O7/c1-21(24)17(28-19(23)15-11-7-4-8-12-15)16(27-20(21)25-2)13-26-18(22)14-9-5-3-6-10-14/h3-12,16-17,20,24H,13H2,1-2H3/t16-,17?,20-,21?/m1/s1. The molecular weight excluding hydrogens is 364 g/mol. The molecule has 1 fully saturated rings. The summed E-state index contributed by atoms with van der Waals surface area (Å²) in [6.07, 6.45) is -3.02. The number of ether oxygens (including phenoxy) is 4. The van der Waals surface area contributed by atoms with Gasteiger partial charge in [-0.05, 0) is 31.2 Å². The van der Waals surface area contributed by atoms with Gasteiger partial charge >= 0.3 is 11.9 Å². The van der Waals surface area contributed by atoms with Crippen LogP contribution >= 0.6 is 0 Å². The van der Waals surface area contributed by atoms with Crippen LogP contribution in [0.5, 0.6) is 0 Å². The van der Waals surface area contributed by atoms with E-state index < -0.39 is 36.0 Å². The normalized spacial score (nSPS) is 26.6. The highest BCUT2D eigenvalue weighted by molar-refractivity contribution is 5.90. The smallest absolute Gasteiger partial charge is 0.338 e. The van der Waals surface area contributed by atoms with E-state index in [-0.39, 0.29) is 6.61 Å². The van der Waals surface area contributed by atoms with Gasteiger partial charge < -0.3 is 24.1 Å². The molecule has 0 aliphatic carbocycles. The number of rotatable bonds is 6. The van der Waals surface area contributed by atoms with Gasteiger partial charge in [-0.3, -0.25) is 0 Å². The Morgan fingerprint density at radius 2 is 1.54 bits per heavy atom. The Kier molecular flexibility index (Phi) is 6.08. The van der Waals surface area contributed by atoms with Crippen LogP contribution in [0.15, 0.2) is 60.7 Å². The van der Waals surface area contributed by atoms with Crippen LogP contribution in [0, 0.1) is 0 Å². The van der Waals surface area contributed by atoms with E-state index in [9.17, 15) is 14.7 Å². The summed E-state index contributed by atoms with van der Waals surface area (Å²) in [5.74, 6) is -1.16. The number of benzene rings is 2. The number of hydrogen-bond donors (Lipinski definition) is 1. The fourth-order valence-corrected chi connectivity index (χ4v) is 3.07. The molecule has 0 aromatic heterocycles. The second-order valence-corrected chi connectivity index (χ2v) is 6.62. The number of aliphatic hydroxyl groups is 1. The van der Waals surface area contributed by atoms with Gasteiger partial charge in [0.1, 0.15) is 12.7 Å². The molecule has 0 radical (unpaired) electrons. The summed E-state index contributed by atoms with van der Waals surface area (Å²) in [5.41, 5.74) is -0.907. The molecule has 0 bridgehead atoms.